The van der Waals surface area contributed by atoms with Crippen molar-refractivity contribution in [1.29, 1.82) is 0 Å². The second-order valence-corrected chi connectivity index (χ2v) is 6.29. The van der Waals surface area contributed by atoms with Crippen molar-refractivity contribution in [2.24, 2.45) is 11.7 Å². The summed E-state index contributed by atoms with van der Waals surface area (Å²) in [5, 5.41) is 0. The Bertz CT molecular complexity index is 476. The lowest BCUT2D eigenvalue weighted by Gasteiger charge is -2.40. The van der Waals surface area contributed by atoms with Crippen molar-refractivity contribution in [1.82, 2.24) is 0 Å². The molecule has 0 bridgehead atoms. The van der Waals surface area contributed by atoms with E-state index in [2.05, 4.69) is 22.9 Å². The van der Waals surface area contributed by atoms with Gasteiger partial charge in [0, 0.05) is 23.6 Å². The van der Waals surface area contributed by atoms with Crippen LogP contribution in [-0.2, 0) is 6.18 Å². The molecule has 1 heterocycles. The first-order valence-electron chi connectivity index (χ1n) is 6.66. The molecule has 6 heteroatoms. The average Bonchev–Trinajstić information content (AvgIpc) is 2.37. The topological polar surface area (TPSA) is 29.3 Å². The van der Waals surface area contributed by atoms with Crippen molar-refractivity contribution in [2.45, 2.75) is 32.0 Å². The highest BCUT2D eigenvalue weighted by molar-refractivity contribution is 9.10. The molecule has 2 nitrogen and oxygen atoms in total. The van der Waals surface area contributed by atoms with Gasteiger partial charge in [-0.3, -0.25) is 0 Å². The lowest BCUT2D eigenvalue weighted by Crippen LogP contribution is -2.47. The molecule has 2 unspecified atom stereocenters. The predicted octanol–water partition coefficient (Wildman–Crippen LogP) is 4.03. The van der Waals surface area contributed by atoms with Gasteiger partial charge < -0.3 is 10.6 Å². The van der Waals surface area contributed by atoms with E-state index in [0.717, 1.165) is 18.9 Å². The van der Waals surface area contributed by atoms with Crippen molar-refractivity contribution in [2.75, 3.05) is 18.0 Å². The molecule has 0 amide bonds. The molecule has 1 fully saturated rings. The molecule has 1 saturated heterocycles. The molecular weight excluding hydrogens is 333 g/mol. The van der Waals surface area contributed by atoms with Gasteiger partial charge in [-0.15, -0.1) is 0 Å². The van der Waals surface area contributed by atoms with E-state index in [4.69, 9.17) is 5.73 Å². The van der Waals surface area contributed by atoms with Crippen LogP contribution in [0.5, 0.6) is 0 Å². The van der Waals surface area contributed by atoms with Crippen LogP contribution in [0.25, 0.3) is 0 Å². The van der Waals surface area contributed by atoms with E-state index < -0.39 is 11.7 Å². The van der Waals surface area contributed by atoms with Gasteiger partial charge in [0.05, 0.1) is 11.3 Å². The molecule has 2 atom stereocenters. The maximum Gasteiger partial charge on any atom is 0.418 e. The Balaban J connectivity index is 2.42. The fourth-order valence-corrected chi connectivity index (χ4v) is 3.12. The number of hydrogen-bond acceptors (Lipinski definition) is 2. The second-order valence-electron chi connectivity index (χ2n) is 5.37. The van der Waals surface area contributed by atoms with Gasteiger partial charge in [0.1, 0.15) is 0 Å². The lowest BCUT2D eigenvalue weighted by atomic mass is 9.91. The summed E-state index contributed by atoms with van der Waals surface area (Å²) in [5.41, 5.74) is 5.40. The molecule has 1 aromatic rings. The molecule has 0 spiro atoms. The zero-order valence-electron chi connectivity index (χ0n) is 11.3. The van der Waals surface area contributed by atoms with Crippen molar-refractivity contribution < 1.29 is 13.2 Å². The Morgan fingerprint density at radius 3 is 2.70 bits per heavy atom. The predicted molar refractivity (Wildman–Crippen MR) is 77.7 cm³/mol. The van der Waals surface area contributed by atoms with Gasteiger partial charge in [0.15, 0.2) is 0 Å². The quantitative estimate of drug-likeness (QED) is 0.872. The molecule has 2 N–H and O–H groups in total. The van der Waals surface area contributed by atoms with Crippen molar-refractivity contribution in [3.05, 3.63) is 28.2 Å². The van der Waals surface area contributed by atoms with E-state index >= 15 is 0 Å². The van der Waals surface area contributed by atoms with Crippen LogP contribution < -0.4 is 10.6 Å². The number of anilines is 1. The third-order valence-corrected chi connectivity index (χ3v) is 4.32. The third-order valence-electron chi connectivity index (χ3n) is 3.82. The number of nitrogens with zero attached hydrogens (tertiary/aromatic N) is 1. The monoisotopic (exact) mass is 350 g/mol. The first-order valence-corrected chi connectivity index (χ1v) is 7.45. The Hall–Kier alpha value is -0.750. The summed E-state index contributed by atoms with van der Waals surface area (Å²) in [6.07, 6.45) is -2.63. The Morgan fingerprint density at radius 1 is 1.40 bits per heavy atom. The molecule has 2 rings (SSSR count). The van der Waals surface area contributed by atoms with Crippen molar-refractivity contribution in [3.8, 4) is 0 Å². The Kier molecular flexibility index (Phi) is 4.64. The molecule has 0 saturated carbocycles. The highest BCUT2D eigenvalue weighted by atomic mass is 79.9. The summed E-state index contributed by atoms with van der Waals surface area (Å²) in [7, 11) is 0. The number of nitrogens with two attached hydrogens (primary N) is 1. The van der Waals surface area contributed by atoms with Crippen molar-refractivity contribution >= 4 is 21.6 Å². The molecule has 0 aromatic heterocycles. The normalized spacial score (nSPS) is 24.0. The summed E-state index contributed by atoms with van der Waals surface area (Å²) in [6, 6.07) is 4.07. The molecule has 20 heavy (non-hydrogen) atoms. The van der Waals surface area contributed by atoms with E-state index in [9.17, 15) is 13.2 Å². The molecule has 1 aliphatic rings. The third kappa shape index (κ3) is 3.28. The minimum atomic E-state index is -4.35. The summed E-state index contributed by atoms with van der Waals surface area (Å²) in [4.78, 5) is 1.81. The van der Waals surface area contributed by atoms with E-state index in [1.54, 1.807) is 6.07 Å². The van der Waals surface area contributed by atoms with Crippen LogP contribution in [0.15, 0.2) is 22.7 Å². The van der Waals surface area contributed by atoms with Crippen LogP contribution in [0, 0.1) is 5.92 Å². The molecule has 0 aliphatic carbocycles. The number of rotatable bonds is 2. The standard InChI is InChI=1S/C14H18BrF3N2/c1-9-4-5-20(11(6-9)8-19)13-7-10(15)2-3-12(13)14(16,17)18/h2-3,7,9,11H,4-6,8,19H2,1H3. The first kappa shape index (κ1) is 15.6. The van der Waals surface area contributed by atoms with Gasteiger partial charge in [0.2, 0.25) is 0 Å². The van der Waals surface area contributed by atoms with Gasteiger partial charge in [0.25, 0.3) is 0 Å². The SMILES string of the molecule is CC1CCN(c2cc(Br)ccc2C(F)(F)F)C(CN)C1. The molecule has 1 aliphatic heterocycles. The minimum Gasteiger partial charge on any atom is -0.367 e. The number of piperidine rings is 1. The van der Waals surface area contributed by atoms with Gasteiger partial charge in [-0.05, 0) is 37.0 Å². The van der Waals surface area contributed by atoms with Crippen LogP contribution in [-0.4, -0.2) is 19.1 Å². The number of hydrogen-bond donors (Lipinski definition) is 1. The second kappa shape index (κ2) is 5.93. The highest BCUT2D eigenvalue weighted by Gasteiger charge is 2.37. The lowest BCUT2D eigenvalue weighted by molar-refractivity contribution is -0.137. The fraction of sp³-hybridized carbons (Fsp3) is 0.571. The number of alkyl halides is 3. The molecule has 0 radical (unpaired) electrons. The Labute approximate surface area is 125 Å². The summed E-state index contributed by atoms with van der Waals surface area (Å²) in [6.45, 7) is 3.10. The number of halogens is 4. The van der Waals surface area contributed by atoms with Crippen LogP contribution in [0.3, 0.4) is 0 Å². The fourth-order valence-electron chi connectivity index (χ4n) is 2.77. The molecule has 1 aromatic carbocycles. The van der Waals surface area contributed by atoms with Crippen LogP contribution in [0.1, 0.15) is 25.3 Å². The minimum absolute atomic E-state index is 0.0332. The van der Waals surface area contributed by atoms with E-state index in [1.807, 2.05) is 4.90 Å². The summed E-state index contributed by atoms with van der Waals surface area (Å²) in [5.74, 6) is 0.501. The van der Waals surface area contributed by atoms with Crippen LogP contribution in [0.4, 0.5) is 18.9 Å². The van der Waals surface area contributed by atoms with Gasteiger partial charge in [-0.2, -0.15) is 13.2 Å². The largest absolute Gasteiger partial charge is 0.418 e. The van der Waals surface area contributed by atoms with Crippen LogP contribution in [0.2, 0.25) is 0 Å². The van der Waals surface area contributed by atoms with E-state index in [-0.39, 0.29) is 11.7 Å². The Morgan fingerprint density at radius 2 is 2.10 bits per heavy atom. The van der Waals surface area contributed by atoms with Gasteiger partial charge >= 0.3 is 6.18 Å². The molecular formula is C14H18BrF3N2. The average molecular weight is 351 g/mol. The zero-order chi connectivity index (χ0) is 14.9. The number of benzene rings is 1. The summed E-state index contributed by atoms with van der Waals surface area (Å²) >= 11 is 3.26. The maximum atomic E-state index is 13.2. The molecule has 112 valence electrons. The van der Waals surface area contributed by atoms with E-state index in [1.165, 1.54) is 6.07 Å². The first-order chi connectivity index (χ1) is 9.32. The maximum absolute atomic E-state index is 13.2. The van der Waals surface area contributed by atoms with Crippen LogP contribution >= 0.6 is 15.9 Å². The smallest absolute Gasteiger partial charge is 0.367 e. The summed E-state index contributed by atoms with van der Waals surface area (Å²) < 4.78 is 40.2. The zero-order valence-corrected chi connectivity index (χ0v) is 12.8. The van der Waals surface area contributed by atoms with E-state index in [0.29, 0.717) is 23.5 Å². The van der Waals surface area contributed by atoms with Gasteiger partial charge in [-0.1, -0.05) is 22.9 Å². The highest BCUT2D eigenvalue weighted by Crippen LogP contribution is 2.40. The van der Waals surface area contributed by atoms with Crippen molar-refractivity contribution in [3.63, 3.8) is 0 Å². The van der Waals surface area contributed by atoms with Gasteiger partial charge in [-0.25, -0.2) is 0 Å².